The third kappa shape index (κ3) is 2.82. The van der Waals surface area contributed by atoms with Crippen LogP contribution in [-0.2, 0) is 0 Å². The summed E-state index contributed by atoms with van der Waals surface area (Å²) in [5.41, 5.74) is 0.705. The monoisotopic (exact) mass is 302 g/mol. The highest BCUT2D eigenvalue weighted by atomic mass is 32.1. The molecule has 0 bridgehead atoms. The third-order valence-corrected chi connectivity index (χ3v) is 3.08. The molecule has 2 heterocycles. The van der Waals surface area contributed by atoms with Gasteiger partial charge in [-0.05, 0) is 55.5 Å². The van der Waals surface area contributed by atoms with Gasteiger partial charge in [0.05, 0.1) is 6.21 Å². The van der Waals surface area contributed by atoms with Crippen LogP contribution in [0.15, 0.2) is 45.9 Å². The Morgan fingerprint density at radius 2 is 2.05 bits per heavy atom. The quantitative estimate of drug-likeness (QED) is 0.595. The molecule has 0 spiro atoms. The van der Waals surface area contributed by atoms with Gasteiger partial charge in [-0.3, -0.25) is 0 Å². The summed E-state index contributed by atoms with van der Waals surface area (Å²) < 4.78 is 20.2. The Labute approximate surface area is 124 Å². The molecule has 3 rings (SSSR count). The van der Waals surface area contributed by atoms with Crippen molar-refractivity contribution in [3.63, 3.8) is 0 Å². The minimum Gasteiger partial charge on any atom is -0.460 e. The number of nitrogens with zero attached hydrogens (tertiary/aromatic N) is 3. The van der Waals surface area contributed by atoms with Gasteiger partial charge in [0.25, 0.3) is 0 Å². The molecule has 1 aromatic carbocycles. The lowest BCUT2D eigenvalue weighted by Gasteiger charge is -2.00. The maximum absolute atomic E-state index is 13.0. The lowest BCUT2D eigenvalue weighted by atomic mass is 10.2. The molecule has 0 unspecified atom stereocenters. The zero-order valence-electron chi connectivity index (χ0n) is 11.1. The first kappa shape index (κ1) is 13.4. The maximum atomic E-state index is 13.0. The van der Waals surface area contributed by atoms with E-state index in [1.165, 1.54) is 16.8 Å². The second-order valence-corrected chi connectivity index (χ2v) is 4.75. The summed E-state index contributed by atoms with van der Waals surface area (Å²) in [4.78, 5) is 0. The topological polar surface area (TPSA) is 59.1 Å². The summed E-state index contributed by atoms with van der Waals surface area (Å²) in [6.07, 6.45) is 1.55. The number of aromatic amines is 1. The van der Waals surface area contributed by atoms with Crippen LogP contribution in [0, 0.1) is 17.5 Å². The first-order valence-corrected chi connectivity index (χ1v) is 6.58. The van der Waals surface area contributed by atoms with Gasteiger partial charge in [0.1, 0.15) is 17.3 Å². The van der Waals surface area contributed by atoms with Crippen LogP contribution in [0.25, 0.3) is 11.4 Å². The average molecular weight is 302 g/mol. The van der Waals surface area contributed by atoms with Gasteiger partial charge in [0.2, 0.25) is 4.77 Å². The van der Waals surface area contributed by atoms with E-state index < -0.39 is 0 Å². The number of aryl methyl sites for hydroxylation is 1. The Kier molecular flexibility index (Phi) is 3.49. The minimum absolute atomic E-state index is 0.311. The molecule has 21 heavy (non-hydrogen) atoms. The smallest absolute Gasteiger partial charge is 0.216 e. The first-order chi connectivity index (χ1) is 10.1. The van der Waals surface area contributed by atoms with Crippen molar-refractivity contribution in [2.75, 3.05) is 0 Å². The fourth-order valence-electron chi connectivity index (χ4n) is 1.82. The van der Waals surface area contributed by atoms with E-state index in [-0.39, 0.29) is 5.82 Å². The Morgan fingerprint density at radius 3 is 2.71 bits per heavy atom. The molecule has 1 N–H and O–H groups in total. The SMILES string of the molecule is Cc1ccc(C=Nn2c(-c3ccc(F)cc3)n[nH]c2=S)o1. The molecule has 0 saturated carbocycles. The predicted molar refractivity (Wildman–Crippen MR) is 79.2 cm³/mol. The molecule has 5 nitrogen and oxygen atoms in total. The van der Waals surface area contributed by atoms with Crippen LogP contribution in [0.2, 0.25) is 0 Å². The van der Waals surface area contributed by atoms with Crippen molar-refractivity contribution >= 4 is 18.4 Å². The van der Waals surface area contributed by atoms with Crippen molar-refractivity contribution in [1.29, 1.82) is 0 Å². The van der Waals surface area contributed by atoms with Gasteiger partial charge in [-0.25, -0.2) is 9.49 Å². The van der Waals surface area contributed by atoms with Crippen molar-refractivity contribution in [2.45, 2.75) is 6.92 Å². The Balaban J connectivity index is 1.99. The Hall–Kier alpha value is -2.54. The fraction of sp³-hybridized carbons (Fsp3) is 0.0714. The van der Waals surface area contributed by atoms with Gasteiger partial charge in [0, 0.05) is 5.56 Å². The first-order valence-electron chi connectivity index (χ1n) is 6.17. The van der Waals surface area contributed by atoms with E-state index >= 15 is 0 Å². The molecular formula is C14H11FN4OS. The number of benzene rings is 1. The van der Waals surface area contributed by atoms with Crippen LogP contribution in [0.1, 0.15) is 11.5 Å². The number of nitrogens with one attached hydrogen (secondary N) is 1. The molecule has 0 amide bonds. The summed E-state index contributed by atoms with van der Waals surface area (Å²) in [7, 11) is 0. The number of aromatic nitrogens is 3. The van der Waals surface area contributed by atoms with Crippen LogP contribution < -0.4 is 0 Å². The highest BCUT2D eigenvalue weighted by molar-refractivity contribution is 7.71. The lowest BCUT2D eigenvalue weighted by molar-refractivity contribution is 0.527. The number of hydrogen-bond donors (Lipinski definition) is 1. The van der Waals surface area contributed by atoms with Crippen LogP contribution in [0.5, 0.6) is 0 Å². The Morgan fingerprint density at radius 1 is 1.29 bits per heavy atom. The van der Waals surface area contributed by atoms with E-state index in [0.29, 0.717) is 21.9 Å². The molecule has 3 aromatic rings. The van der Waals surface area contributed by atoms with E-state index in [1.54, 1.807) is 24.4 Å². The largest absolute Gasteiger partial charge is 0.460 e. The van der Waals surface area contributed by atoms with E-state index in [1.807, 2.05) is 13.0 Å². The zero-order chi connectivity index (χ0) is 14.8. The van der Waals surface area contributed by atoms with Crippen molar-refractivity contribution in [1.82, 2.24) is 14.9 Å². The van der Waals surface area contributed by atoms with E-state index in [4.69, 9.17) is 16.6 Å². The molecule has 0 aliphatic heterocycles. The van der Waals surface area contributed by atoms with E-state index in [0.717, 1.165) is 5.76 Å². The average Bonchev–Trinajstić information content (AvgIpc) is 3.04. The van der Waals surface area contributed by atoms with E-state index in [9.17, 15) is 4.39 Å². The van der Waals surface area contributed by atoms with Crippen molar-refractivity contribution < 1.29 is 8.81 Å². The number of halogens is 1. The number of hydrogen-bond acceptors (Lipinski definition) is 4. The van der Waals surface area contributed by atoms with Crippen LogP contribution in [0.3, 0.4) is 0 Å². The van der Waals surface area contributed by atoms with Crippen molar-refractivity contribution in [2.24, 2.45) is 5.10 Å². The molecule has 0 atom stereocenters. The fourth-order valence-corrected chi connectivity index (χ4v) is 2.00. The third-order valence-electron chi connectivity index (χ3n) is 2.81. The second kappa shape index (κ2) is 5.45. The molecule has 0 aliphatic carbocycles. The van der Waals surface area contributed by atoms with Crippen molar-refractivity contribution in [3.05, 3.63) is 58.5 Å². The highest BCUT2D eigenvalue weighted by Crippen LogP contribution is 2.17. The van der Waals surface area contributed by atoms with Crippen molar-refractivity contribution in [3.8, 4) is 11.4 Å². The summed E-state index contributed by atoms with van der Waals surface area (Å²) in [6.45, 7) is 1.85. The van der Waals surface area contributed by atoms with Gasteiger partial charge >= 0.3 is 0 Å². The standard InChI is InChI=1S/C14H11FN4OS/c1-9-2-7-12(20-9)8-16-19-13(17-18-14(19)21)10-3-5-11(15)6-4-10/h2-8H,1H3,(H,18,21). The molecule has 106 valence electrons. The van der Waals surface area contributed by atoms with Gasteiger partial charge in [0.15, 0.2) is 5.82 Å². The number of furan rings is 1. The normalized spacial score (nSPS) is 11.3. The molecule has 0 fully saturated rings. The predicted octanol–water partition coefficient (Wildman–Crippen LogP) is 3.53. The van der Waals surface area contributed by atoms with Crippen LogP contribution >= 0.6 is 12.2 Å². The molecule has 7 heteroatoms. The summed E-state index contributed by atoms with van der Waals surface area (Å²) in [6, 6.07) is 9.59. The summed E-state index contributed by atoms with van der Waals surface area (Å²) >= 11 is 5.15. The molecule has 0 aliphatic rings. The van der Waals surface area contributed by atoms with Gasteiger partial charge in [-0.2, -0.15) is 14.9 Å². The highest BCUT2D eigenvalue weighted by Gasteiger charge is 2.08. The number of H-pyrrole nitrogens is 1. The zero-order valence-corrected chi connectivity index (χ0v) is 11.9. The Bertz CT molecular complexity index is 844. The second-order valence-electron chi connectivity index (χ2n) is 4.36. The molecule has 0 radical (unpaired) electrons. The van der Waals surface area contributed by atoms with E-state index in [2.05, 4.69) is 15.3 Å². The minimum atomic E-state index is -0.311. The van der Waals surface area contributed by atoms with Gasteiger partial charge in [-0.1, -0.05) is 0 Å². The molecule has 0 saturated heterocycles. The van der Waals surface area contributed by atoms with Crippen LogP contribution in [-0.4, -0.2) is 21.1 Å². The van der Waals surface area contributed by atoms with Crippen LogP contribution in [0.4, 0.5) is 4.39 Å². The van der Waals surface area contributed by atoms with Gasteiger partial charge in [-0.15, -0.1) is 0 Å². The molecular weight excluding hydrogens is 291 g/mol. The number of rotatable bonds is 3. The maximum Gasteiger partial charge on any atom is 0.216 e. The summed E-state index contributed by atoms with van der Waals surface area (Å²) in [5, 5.41) is 11.0. The summed E-state index contributed by atoms with van der Waals surface area (Å²) in [5.74, 6) is 1.60. The molecule has 2 aromatic heterocycles. The van der Waals surface area contributed by atoms with Gasteiger partial charge < -0.3 is 4.42 Å². The lowest BCUT2D eigenvalue weighted by Crippen LogP contribution is -1.94.